The lowest BCUT2D eigenvalue weighted by Gasteiger charge is -2.06. The molecule has 21 heavy (non-hydrogen) atoms. The smallest absolute Gasteiger partial charge is 0.270 e. The van der Waals surface area contributed by atoms with Gasteiger partial charge in [0.2, 0.25) is 0 Å². The van der Waals surface area contributed by atoms with Gasteiger partial charge in [0, 0.05) is 11.8 Å². The molecule has 0 unspecified atom stereocenters. The van der Waals surface area contributed by atoms with Crippen LogP contribution in [-0.4, -0.2) is 20.7 Å². The summed E-state index contributed by atoms with van der Waals surface area (Å²) in [5.74, 6) is -0.113. The van der Waals surface area contributed by atoms with E-state index in [2.05, 4.69) is 10.1 Å². The maximum atomic E-state index is 11.5. The summed E-state index contributed by atoms with van der Waals surface area (Å²) in [6.07, 6.45) is 1.64. The first-order valence-electron chi connectivity index (χ1n) is 6.23. The summed E-state index contributed by atoms with van der Waals surface area (Å²) < 4.78 is 1.53. The molecule has 0 aliphatic carbocycles. The summed E-state index contributed by atoms with van der Waals surface area (Å²) in [4.78, 5) is 15.7. The van der Waals surface area contributed by atoms with E-state index in [1.54, 1.807) is 18.3 Å². The van der Waals surface area contributed by atoms with E-state index in [-0.39, 0.29) is 10.7 Å². The van der Waals surface area contributed by atoms with Gasteiger partial charge < -0.3 is 5.73 Å². The molecule has 2 N–H and O–H groups in total. The van der Waals surface area contributed by atoms with Crippen molar-refractivity contribution in [2.75, 3.05) is 0 Å². The van der Waals surface area contributed by atoms with Crippen molar-refractivity contribution in [1.29, 1.82) is 0 Å². The van der Waals surface area contributed by atoms with Gasteiger partial charge in [0.05, 0.1) is 5.69 Å². The summed E-state index contributed by atoms with van der Waals surface area (Å²) >= 11 is 6.30. The highest BCUT2D eigenvalue weighted by Crippen LogP contribution is 2.32. The molecule has 3 aromatic rings. The van der Waals surface area contributed by atoms with Crippen molar-refractivity contribution in [1.82, 2.24) is 14.8 Å². The van der Waals surface area contributed by atoms with Gasteiger partial charge in [0.15, 0.2) is 11.5 Å². The normalized spacial score (nSPS) is 10.5. The Bertz CT molecular complexity index is 784. The number of aromatic nitrogens is 3. The Hall–Kier alpha value is -2.66. The minimum absolute atomic E-state index is 0.0289. The lowest BCUT2D eigenvalue weighted by atomic mass is 10.1. The maximum absolute atomic E-state index is 11.5. The molecule has 0 atom stereocenters. The van der Waals surface area contributed by atoms with Crippen molar-refractivity contribution in [2.45, 2.75) is 0 Å². The van der Waals surface area contributed by atoms with Crippen molar-refractivity contribution in [3.8, 4) is 17.1 Å². The highest BCUT2D eigenvalue weighted by atomic mass is 35.5. The summed E-state index contributed by atoms with van der Waals surface area (Å²) in [6.45, 7) is 0. The molecule has 0 bridgehead atoms. The second kappa shape index (κ2) is 5.38. The lowest BCUT2D eigenvalue weighted by Crippen LogP contribution is -2.13. The van der Waals surface area contributed by atoms with Crippen molar-refractivity contribution < 1.29 is 4.79 Å². The van der Waals surface area contributed by atoms with Gasteiger partial charge in [-0.25, -0.2) is 9.67 Å². The molecule has 104 valence electrons. The number of carbonyl (C=O) groups excluding carboxylic acids is 1. The van der Waals surface area contributed by atoms with Crippen LogP contribution < -0.4 is 5.73 Å². The highest BCUT2D eigenvalue weighted by Gasteiger charge is 2.22. The topological polar surface area (TPSA) is 73.8 Å². The quantitative estimate of drug-likeness (QED) is 0.808. The predicted octanol–water partition coefficient (Wildman–Crippen LogP) is 2.69. The fraction of sp³-hybridized carbons (Fsp3) is 0. The van der Waals surface area contributed by atoms with E-state index in [1.807, 2.05) is 36.4 Å². The van der Waals surface area contributed by atoms with Gasteiger partial charge in [-0.1, -0.05) is 48.0 Å². The van der Waals surface area contributed by atoms with Crippen LogP contribution in [0, 0.1) is 0 Å². The summed E-state index contributed by atoms with van der Waals surface area (Å²) in [5.41, 5.74) is 6.78. The van der Waals surface area contributed by atoms with Gasteiger partial charge in [-0.3, -0.25) is 4.79 Å². The van der Waals surface area contributed by atoms with Crippen molar-refractivity contribution in [3.05, 3.63) is 65.4 Å². The fourth-order valence-corrected chi connectivity index (χ4v) is 2.37. The number of nitrogens with zero attached hydrogens (tertiary/aromatic N) is 3. The van der Waals surface area contributed by atoms with Crippen LogP contribution in [0.15, 0.2) is 54.7 Å². The van der Waals surface area contributed by atoms with E-state index in [0.29, 0.717) is 11.5 Å². The number of halogens is 1. The molecule has 2 heterocycles. The Kier molecular flexibility index (Phi) is 3.41. The van der Waals surface area contributed by atoms with Crippen LogP contribution in [0.4, 0.5) is 0 Å². The second-order valence-corrected chi connectivity index (χ2v) is 4.72. The van der Waals surface area contributed by atoms with Crippen LogP contribution in [0.5, 0.6) is 0 Å². The zero-order valence-electron chi connectivity index (χ0n) is 10.9. The third-order valence-electron chi connectivity index (χ3n) is 2.97. The molecule has 0 fully saturated rings. The van der Waals surface area contributed by atoms with Crippen LogP contribution >= 0.6 is 11.6 Å². The molecule has 0 aliphatic rings. The number of pyridine rings is 1. The Morgan fingerprint density at radius 1 is 1.10 bits per heavy atom. The fourth-order valence-electron chi connectivity index (χ4n) is 2.05. The van der Waals surface area contributed by atoms with Gasteiger partial charge in [-0.05, 0) is 12.1 Å². The SMILES string of the molecule is NC(=O)c1nn(-c2ccccn2)c(-c2ccccc2)c1Cl. The molecular formula is C15H11ClN4O. The number of hydrogen-bond donors (Lipinski definition) is 1. The largest absolute Gasteiger partial charge is 0.364 e. The molecule has 0 spiro atoms. The molecule has 3 rings (SSSR count). The lowest BCUT2D eigenvalue weighted by molar-refractivity contribution is 0.0995. The third kappa shape index (κ3) is 2.39. The second-order valence-electron chi connectivity index (χ2n) is 4.34. The van der Waals surface area contributed by atoms with E-state index < -0.39 is 5.91 Å². The molecule has 0 saturated carbocycles. The Morgan fingerprint density at radius 2 is 1.81 bits per heavy atom. The number of amides is 1. The number of benzene rings is 1. The molecular weight excluding hydrogens is 288 g/mol. The van der Waals surface area contributed by atoms with Crippen LogP contribution in [0.1, 0.15) is 10.5 Å². The Labute approximate surface area is 126 Å². The first-order chi connectivity index (χ1) is 10.2. The van der Waals surface area contributed by atoms with Crippen LogP contribution in [0.2, 0.25) is 5.02 Å². The van der Waals surface area contributed by atoms with Crippen LogP contribution in [0.25, 0.3) is 17.1 Å². The van der Waals surface area contributed by atoms with Crippen molar-refractivity contribution >= 4 is 17.5 Å². The number of nitrogens with two attached hydrogens (primary N) is 1. The van der Waals surface area contributed by atoms with Crippen molar-refractivity contribution in [3.63, 3.8) is 0 Å². The monoisotopic (exact) mass is 298 g/mol. The third-order valence-corrected chi connectivity index (χ3v) is 3.33. The van der Waals surface area contributed by atoms with Crippen molar-refractivity contribution in [2.24, 2.45) is 5.73 Å². The van der Waals surface area contributed by atoms with Gasteiger partial charge in [-0.2, -0.15) is 5.10 Å². The highest BCUT2D eigenvalue weighted by molar-refractivity contribution is 6.36. The van der Waals surface area contributed by atoms with Gasteiger partial charge in [0.1, 0.15) is 5.02 Å². The molecule has 5 nitrogen and oxygen atoms in total. The van der Waals surface area contributed by atoms with Crippen LogP contribution in [-0.2, 0) is 0 Å². The zero-order valence-corrected chi connectivity index (χ0v) is 11.7. The Balaban J connectivity index is 2.29. The molecule has 1 aromatic carbocycles. The number of rotatable bonds is 3. The average Bonchev–Trinajstić information content (AvgIpc) is 2.87. The number of carbonyl (C=O) groups is 1. The molecule has 2 aromatic heterocycles. The summed E-state index contributed by atoms with van der Waals surface area (Å²) in [5, 5.41) is 4.43. The predicted molar refractivity (Wildman–Crippen MR) is 80.3 cm³/mol. The van der Waals surface area contributed by atoms with Gasteiger partial charge in [-0.15, -0.1) is 0 Å². The first-order valence-corrected chi connectivity index (χ1v) is 6.61. The minimum atomic E-state index is -0.674. The standard InChI is InChI=1S/C15H11ClN4O/c16-12-13(15(17)21)19-20(11-8-4-5-9-18-11)14(12)10-6-2-1-3-7-10/h1-9H,(H2,17,21). The zero-order chi connectivity index (χ0) is 14.8. The van der Waals surface area contributed by atoms with E-state index in [9.17, 15) is 4.79 Å². The summed E-state index contributed by atoms with van der Waals surface area (Å²) in [6, 6.07) is 14.8. The molecule has 1 amide bonds. The van der Waals surface area contributed by atoms with E-state index >= 15 is 0 Å². The average molecular weight is 299 g/mol. The Morgan fingerprint density at radius 3 is 2.43 bits per heavy atom. The minimum Gasteiger partial charge on any atom is -0.364 e. The van der Waals surface area contributed by atoms with E-state index in [4.69, 9.17) is 17.3 Å². The number of primary amides is 1. The molecule has 0 aliphatic heterocycles. The van der Waals surface area contributed by atoms with E-state index in [1.165, 1.54) is 4.68 Å². The van der Waals surface area contributed by atoms with Gasteiger partial charge >= 0.3 is 0 Å². The molecule has 6 heteroatoms. The maximum Gasteiger partial charge on any atom is 0.270 e. The van der Waals surface area contributed by atoms with Gasteiger partial charge in [0.25, 0.3) is 5.91 Å². The van der Waals surface area contributed by atoms with E-state index in [0.717, 1.165) is 5.56 Å². The molecule has 0 radical (unpaired) electrons. The first kappa shape index (κ1) is 13.3. The summed E-state index contributed by atoms with van der Waals surface area (Å²) in [7, 11) is 0. The number of hydrogen-bond acceptors (Lipinski definition) is 3. The van der Waals surface area contributed by atoms with Crippen LogP contribution in [0.3, 0.4) is 0 Å². The molecule has 0 saturated heterocycles.